The van der Waals surface area contributed by atoms with Gasteiger partial charge in [-0.1, -0.05) is 42.5 Å². The molecule has 0 saturated carbocycles. The van der Waals surface area contributed by atoms with Gasteiger partial charge in [0.25, 0.3) is 0 Å². The highest BCUT2D eigenvalue weighted by Crippen LogP contribution is 2.22. The fourth-order valence-corrected chi connectivity index (χ4v) is 3.82. The van der Waals surface area contributed by atoms with Gasteiger partial charge in [0.05, 0.1) is 19.8 Å². The summed E-state index contributed by atoms with van der Waals surface area (Å²) in [4.78, 5) is 40.9. The smallest absolute Gasteiger partial charge is 0.410 e. The maximum atomic E-state index is 12.9. The molecule has 1 aliphatic heterocycles. The van der Waals surface area contributed by atoms with Crippen LogP contribution in [0.2, 0.25) is 0 Å². The molecule has 1 saturated heterocycles. The van der Waals surface area contributed by atoms with Crippen molar-refractivity contribution < 1.29 is 33.3 Å². The van der Waals surface area contributed by atoms with Crippen molar-refractivity contribution in [3.8, 4) is 5.75 Å². The van der Waals surface area contributed by atoms with Gasteiger partial charge in [-0.3, -0.25) is 0 Å². The third-order valence-corrected chi connectivity index (χ3v) is 5.58. The van der Waals surface area contributed by atoms with E-state index < -0.39 is 23.8 Å². The van der Waals surface area contributed by atoms with Crippen LogP contribution in [0.4, 0.5) is 9.59 Å². The Kier molecular flexibility index (Phi) is 9.16. The van der Waals surface area contributed by atoms with Gasteiger partial charge in [-0.05, 0) is 38.5 Å². The van der Waals surface area contributed by atoms with E-state index in [9.17, 15) is 14.4 Å². The van der Waals surface area contributed by atoms with Crippen molar-refractivity contribution in [2.24, 2.45) is 0 Å². The molecule has 194 valence electrons. The van der Waals surface area contributed by atoms with E-state index in [2.05, 4.69) is 0 Å². The predicted molar refractivity (Wildman–Crippen MR) is 133 cm³/mol. The number of nitrogens with zero attached hydrogens (tertiary/aromatic N) is 2. The second kappa shape index (κ2) is 12.3. The Bertz CT molecular complexity index is 1040. The summed E-state index contributed by atoms with van der Waals surface area (Å²) in [5.41, 5.74) is 0.565. The molecule has 9 nitrogen and oxygen atoms in total. The average Bonchev–Trinajstić information content (AvgIpc) is 2.86. The molecule has 1 heterocycles. The largest absolute Gasteiger partial charge is 0.493 e. The van der Waals surface area contributed by atoms with E-state index in [1.165, 1.54) is 7.11 Å². The van der Waals surface area contributed by atoms with Crippen LogP contribution in [0.1, 0.15) is 43.1 Å². The number of para-hydroxylation sites is 1. The van der Waals surface area contributed by atoms with Crippen LogP contribution in [0.15, 0.2) is 54.6 Å². The predicted octanol–water partition coefficient (Wildman–Crippen LogP) is 4.50. The molecule has 0 spiro atoms. The summed E-state index contributed by atoms with van der Waals surface area (Å²) in [6.45, 7) is 6.72. The second-order valence-electron chi connectivity index (χ2n) is 9.44. The molecule has 0 aliphatic carbocycles. The summed E-state index contributed by atoms with van der Waals surface area (Å²) in [5.74, 6) is -0.103. The number of esters is 1. The normalized spacial score (nSPS) is 15.7. The van der Waals surface area contributed by atoms with Crippen LogP contribution in [0.25, 0.3) is 0 Å². The number of hydrogen-bond acceptors (Lipinski definition) is 7. The van der Waals surface area contributed by atoms with Gasteiger partial charge < -0.3 is 28.7 Å². The van der Waals surface area contributed by atoms with Crippen LogP contribution in [-0.4, -0.2) is 72.9 Å². The summed E-state index contributed by atoms with van der Waals surface area (Å²) in [7, 11) is 1.31. The zero-order valence-corrected chi connectivity index (χ0v) is 21.3. The van der Waals surface area contributed by atoms with E-state index in [0.717, 1.165) is 5.56 Å². The lowest BCUT2D eigenvalue weighted by molar-refractivity contribution is -0.00615. The molecule has 1 aliphatic rings. The molecule has 9 heteroatoms. The molecule has 0 radical (unpaired) electrons. The van der Waals surface area contributed by atoms with Gasteiger partial charge in [0, 0.05) is 26.1 Å². The molecule has 2 aromatic carbocycles. The highest BCUT2D eigenvalue weighted by atomic mass is 16.6. The number of benzene rings is 2. The second-order valence-corrected chi connectivity index (χ2v) is 9.44. The van der Waals surface area contributed by atoms with Crippen molar-refractivity contribution >= 4 is 18.2 Å². The molecule has 3 rings (SSSR count). The highest BCUT2D eigenvalue weighted by Gasteiger charge is 2.35. The first kappa shape index (κ1) is 26.8. The zero-order chi connectivity index (χ0) is 26.1. The van der Waals surface area contributed by atoms with Gasteiger partial charge in [-0.2, -0.15) is 0 Å². The first-order chi connectivity index (χ1) is 17.2. The minimum Gasteiger partial charge on any atom is -0.493 e. The molecule has 0 bridgehead atoms. The Morgan fingerprint density at radius 3 is 2.33 bits per heavy atom. The summed E-state index contributed by atoms with van der Waals surface area (Å²) in [6, 6.07) is 15.9. The summed E-state index contributed by atoms with van der Waals surface area (Å²) in [6.07, 6.45) is -0.471. The van der Waals surface area contributed by atoms with Crippen LogP contribution in [0.3, 0.4) is 0 Å². The number of piperazine rings is 1. The summed E-state index contributed by atoms with van der Waals surface area (Å²) < 4.78 is 21.8. The number of ether oxygens (including phenoxy) is 4. The van der Waals surface area contributed by atoms with E-state index in [0.29, 0.717) is 30.8 Å². The van der Waals surface area contributed by atoms with Crippen LogP contribution >= 0.6 is 0 Å². The topological polar surface area (TPSA) is 94.6 Å². The van der Waals surface area contributed by atoms with E-state index in [-0.39, 0.29) is 25.8 Å². The van der Waals surface area contributed by atoms with Gasteiger partial charge in [0.2, 0.25) is 0 Å². The Hall–Kier alpha value is -3.75. The molecular formula is C27H34N2O7. The summed E-state index contributed by atoms with van der Waals surface area (Å²) >= 11 is 0. The molecule has 0 aromatic heterocycles. The Morgan fingerprint density at radius 1 is 0.944 bits per heavy atom. The van der Waals surface area contributed by atoms with Crippen molar-refractivity contribution in [3.63, 3.8) is 0 Å². The van der Waals surface area contributed by atoms with Crippen molar-refractivity contribution in [1.29, 1.82) is 0 Å². The van der Waals surface area contributed by atoms with Gasteiger partial charge in [-0.25, -0.2) is 14.4 Å². The zero-order valence-electron chi connectivity index (χ0n) is 21.3. The summed E-state index contributed by atoms with van der Waals surface area (Å²) in [5, 5.41) is 0. The molecule has 36 heavy (non-hydrogen) atoms. The van der Waals surface area contributed by atoms with Crippen LogP contribution in [-0.2, 0) is 20.8 Å². The van der Waals surface area contributed by atoms with Gasteiger partial charge in [0.1, 0.15) is 23.5 Å². The first-order valence-electron chi connectivity index (χ1n) is 11.9. The van der Waals surface area contributed by atoms with E-state index in [1.807, 2.05) is 51.1 Å². The molecule has 1 atom stereocenters. The van der Waals surface area contributed by atoms with Crippen molar-refractivity contribution in [2.75, 3.05) is 33.4 Å². The van der Waals surface area contributed by atoms with E-state index in [1.54, 1.807) is 34.1 Å². The minimum atomic E-state index is -0.649. The molecule has 1 fully saturated rings. The third kappa shape index (κ3) is 7.63. The van der Waals surface area contributed by atoms with Crippen LogP contribution in [0.5, 0.6) is 5.75 Å². The fourth-order valence-electron chi connectivity index (χ4n) is 3.82. The maximum absolute atomic E-state index is 12.9. The number of amides is 2. The molecule has 0 unspecified atom stereocenters. The SMILES string of the molecule is COC(=O)c1ccccc1OCC[C@@H]1CN(C(=O)OCc2ccccc2)CCN1C(=O)OC(C)(C)C. The lowest BCUT2D eigenvalue weighted by atomic mass is 10.1. The van der Waals surface area contributed by atoms with Crippen LogP contribution < -0.4 is 4.74 Å². The number of carbonyl (C=O) groups is 3. The first-order valence-corrected chi connectivity index (χ1v) is 11.9. The van der Waals surface area contributed by atoms with Crippen molar-refractivity contribution in [2.45, 2.75) is 45.4 Å². The van der Waals surface area contributed by atoms with Crippen molar-refractivity contribution in [1.82, 2.24) is 9.80 Å². The van der Waals surface area contributed by atoms with Crippen LogP contribution in [0, 0.1) is 0 Å². The van der Waals surface area contributed by atoms with Crippen molar-refractivity contribution in [3.05, 3.63) is 65.7 Å². The average molecular weight is 499 g/mol. The fraction of sp³-hybridized carbons (Fsp3) is 0.444. The number of rotatable bonds is 7. The molecule has 2 amide bonds. The van der Waals surface area contributed by atoms with Gasteiger partial charge in [-0.15, -0.1) is 0 Å². The molecular weight excluding hydrogens is 464 g/mol. The molecule has 2 aromatic rings. The van der Waals surface area contributed by atoms with E-state index in [4.69, 9.17) is 18.9 Å². The Balaban J connectivity index is 1.66. The Morgan fingerprint density at radius 2 is 1.64 bits per heavy atom. The standard InChI is InChI=1S/C27H34N2O7/c1-27(2,3)36-26(32)29-16-15-28(25(31)35-19-20-10-6-5-7-11-20)18-21(29)14-17-34-23-13-9-8-12-22(23)24(30)33-4/h5-13,21H,14-19H2,1-4H3/t21-/m1/s1. The van der Waals surface area contributed by atoms with E-state index >= 15 is 0 Å². The minimum absolute atomic E-state index is 0.171. The molecule has 0 N–H and O–H groups in total. The lowest BCUT2D eigenvalue weighted by Crippen LogP contribution is -2.57. The van der Waals surface area contributed by atoms with Gasteiger partial charge >= 0.3 is 18.2 Å². The lowest BCUT2D eigenvalue weighted by Gasteiger charge is -2.41. The number of hydrogen-bond donors (Lipinski definition) is 0. The number of carbonyl (C=O) groups excluding carboxylic acids is 3. The quantitative estimate of drug-likeness (QED) is 0.410. The van der Waals surface area contributed by atoms with Gasteiger partial charge in [0.15, 0.2) is 0 Å². The number of methoxy groups -OCH3 is 1. The third-order valence-electron chi connectivity index (χ3n) is 5.58. The monoisotopic (exact) mass is 498 g/mol. The Labute approximate surface area is 211 Å². The highest BCUT2D eigenvalue weighted by molar-refractivity contribution is 5.92. The maximum Gasteiger partial charge on any atom is 0.410 e.